The first kappa shape index (κ1) is 15.3. The Morgan fingerprint density at radius 3 is 2.57 bits per heavy atom. The number of benzene rings is 2. The van der Waals surface area contributed by atoms with Gasteiger partial charge < -0.3 is 5.32 Å². The lowest BCUT2D eigenvalue weighted by Gasteiger charge is -2.09. The van der Waals surface area contributed by atoms with Gasteiger partial charge in [-0.15, -0.1) is 0 Å². The molecule has 114 valence electrons. The first-order valence-electron chi connectivity index (χ1n) is 7.26. The number of hydrogen-bond acceptors (Lipinski definition) is 2. The van der Waals surface area contributed by atoms with Crippen molar-refractivity contribution in [1.29, 1.82) is 0 Å². The average Bonchev–Trinajstić information content (AvgIpc) is 2.62. The summed E-state index contributed by atoms with van der Waals surface area (Å²) >= 11 is 6.19. The van der Waals surface area contributed by atoms with Crippen molar-refractivity contribution in [1.82, 2.24) is 10.3 Å². The van der Waals surface area contributed by atoms with Crippen LogP contribution in [0.25, 0.3) is 11.1 Å². The Morgan fingerprint density at radius 2 is 1.83 bits per heavy atom. The normalized spacial score (nSPS) is 10.3. The standard InChI is InChI=1S/C19H15ClN2O/c20-18-9-8-16(15-6-2-1-3-7-15)11-17(18)19(23)22-13-14-5-4-10-21-12-14/h1-12H,13H2,(H,22,23). The first-order valence-corrected chi connectivity index (χ1v) is 7.64. The number of amides is 1. The van der Waals surface area contributed by atoms with E-state index in [9.17, 15) is 4.79 Å². The Labute approximate surface area is 140 Å². The van der Waals surface area contributed by atoms with Crippen molar-refractivity contribution in [3.8, 4) is 11.1 Å². The number of carbonyl (C=O) groups excluding carboxylic acids is 1. The van der Waals surface area contributed by atoms with E-state index >= 15 is 0 Å². The molecule has 0 aliphatic rings. The Bertz CT molecular complexity index is 804. The van der Waals surface area contributed by atoms with Crippen molar-refractivity contribution >= 4 is 17.5 Å². The van der Waals surface area contributed by atoms with E-state index in [2.05, 4.69) is 10.3 Å². The van der Waals surface area contributed by atoms with Gasteiger partial charge in [0, 0.05) is 18.9 Å². The van der Waals surface area contributed by atoms with Crippen LogP contribution in [0.5, 0.6) is 0 Å². The zero-order valence-electron chi connectivity index (χ0n) is 12.4. The molecule has 0 fully saturated rings. The predicted octanol–water partition coefficient (Wildman–Crippen LogP) is 4.33. The molecule has 3 rings (SSSR count). The van der Waals surface area contributed by atoms with Gasteiger partial charge in [-0.3, -0.25) is 9.78 Å². The monoisotopic (exact) mass is 322 g/mol. The Balaban J connectivity index is 1.80. The highest BCUT2D eigenvalue weighted by molar-refractivity contribution is 6.34. The minimum atomic E-state index is -0.198. The van der Waals surface area contributed by atoms with Crippen LogP contribution in [0.15, 0.2) is 73.1 Å². The fraction of sp³-hybridized carbons (Fsp3) is 0.0526. The summed E-state index contributed by atoms with van der Waals surface area (Å²) in [7, 11) is 0. The molecule has 23 heavy (non-hydrogen) atoms. The topological polar surface area (TPSA) is 42.0 Å². The van der Waals surface area contributed by atoms with Crippen molar-refractivity contribution in [3.05, 3.63) is 89.2 Å². The number of hydrogen-bond donors (Lipinski definition) is 1. The molecule has 0 aliphatic carbocycles. The molecule has 3 aromatic rings. The summed E-state index contributed by atoms with van der Waals surface area (Å²) < 4.78 is 0. The molecule has 2 aromatic carbocycles. The lowest BCUT2D eigenvalue weighted by atomic mass is 10.0. The number of pyridine rings is 1. The van der Waals surface area contributed by atoms with Gasteiger partial charge in [-0.25, -0.2) is 0 Å². The molecular formula is C19H15ClN2O. The highest BCUT2D eigenvalue weighted by atomic mass is 35.5. The quantitative estimate of drug-likeness (QED) is 0.776. The van der Waals surface area contributed by atoms with Crippen molar-refractivity contribution in [2.75, 3.05) is 0 Å². The summed E-state index contributed by atoms with van der Waals surface area (Å²) in [6.07, 6.45) is 3.42. The number of rotatable bonds is 4. The molecule has 0 unspecified atom stereocenters. The molecule has 0 bridgehead atoms. The van der Waals surface area contributed by atoms with Gasteiger partial charge in [-0.2, -0.15) is 0 Å². The minimum absolute atomic E-state index is 0.198. The maximum atomic E-state index is 12.4. The maximum Gasteiger partial charge on any atom is 0.253 e. The van der Waals surface area contributed by atoms with Crippen LogP contribution in [0.1, 0.15) is 15.9 Å². The van der Waals surface area contributed by atoms with E-state index in [0.29, 0.717) is 17.1 Å². The number of aromatic nitrogens is 1. The van der Waals surface area contributed by atoms with Crippen LogP contribution >= 0.6 is 11.6 Å². The van der Waals surface area contributed by atoms with Crippen LogP contribution < -0.4 is 5.32 Å². The van der Waals surface area contributed by atoms with Gasteiger partial charge in [0.25, 0.3) is 5.91 Å². The number of carbonyl (C=O) groups is 1. The number of nitrogens with zero attached hydrogens (tertiary/aromatic N) is 1. The molecule has 0 spiro atoms. The Kier molecular flexibility index (Phi) is 4.69. The van der Waals surface area contributed by atoms with Crippen LogP contribution in [-0.2, 0) is 6.54 Å². The summed E-state index contributed by atoms with van der Waals surface area (Å²) in [6, 6.07) is 19.1. The second-order valence-corrected chi connectivity index (χ2v) is 5.51. The van der Waals surface area contributed by atoms with Crippen molar-refractivity contribution in [2.24, 2.45) is 0 Å². The average molecular weight is 323 g/mol. The first-order chi connectivity index (χ1) is 11.2. The van der Waals surface area contributed by atoms with Gasteiger partial charge >= 0.3 is 0 Å². The van der Waals surface area contributed by atoms with E-state index < -0.39 is 0 Å². The molecule has 0 aliphatic heterocycles. The third-order valence-corrected chi connectivity index (χ3v) is 3.82. The summed E-state index contributed by atoms with van der Waals surface area (Å²) in [6.45, 7) is 0.415. The summed E-state index contributed by atoms with van der Waals surface area (Å²) in [4.78, 5) is 16.4. The Morgan fingerprint density at radius 1 is 1.00 bits per heavy atom. The van der Waals surface area contributed by atoms with Gasteiger partial charge in [-0.05, 0) is 34.9 Å². The van der Waals surface area contributed by atoms with E-state index in [4.69, 9.17) is 11.6 Å². The summed E-state index contributed by atoms with van der Waals surface area (Å²) in [5.74, 6) is -0.198. The van der Waals surface area contributed by atoms with Crippen molar-refractivity contribution in [3.63, 3.8) is 0 Å². The van der Waals surface area contributed by atoms with E-state index in [-0.39, 0.29) is 5.91 Å². The van der Waals surface area contributed by atoms with E-state index in [0.717, 1.165) is 16.7 Å². The van der Waals surface area contributed by atoms with Crippen LogP contribution in [0.3, 0.4) is 0 Å². The summed E-state index contributed by atoms with van der Waals surface area (Å²) in [5, 5.41) is 3.31. The van der Waals surface area contributed by atoms with Crippen LogP contribution in [0, 0.1) is 0 Å². The molecule has 0 saturated carbocycles. The van der Waals surface area contributed by atoms with Crippen molar-refractivity contribution < 1.29 is 4.79 Å². The highest BCUT2D eigenvalue weighted by Gasteiger charge is 2.11. The van der Waals surface area contributed by atoms with Crippen LogP contribution in [-0.4, -0.2) is 10.9 Å². The molecule has 1 amide bonds. The molecule has 0 radical (unpaired) electrons. The summed E-state index contributed by atoms with van der Waals surface area (Å²) in [5.41, 5.74) is 3.42. The Hall–Kier alpha value is -2.65. The van der Waals surface area contributed by atoms with Gasteiger partial charge in [-0.1, -0.05) is 54.1 Å². The van der Waals surface area contributed by atoms with E-state index in [1.807, 2.05) is 54.6 Å². The van der Waals surface area contributed by atoms with E-state index in [1.165, 1.54) is 0 Å². The lowest BCUT2D eigenvalue weighted by Crippen LogP contribution is -2.23. The zero-order valence-corrected chi connectivity index (χ0v) is 13.1. The smallest absolute Gasteiger partial charge is 0.253 e. The fourth-order valence-corrected chi connectivity index (χ4v) is 2.49. The van der Waals surface area contributed by atoms with Crippen LogP contribution in [0.2, 0.25) is 5.02 Å². The lowest BCUT2D eigenvalue weighted by molar-refractivity contribution is 0.0951. The highest BCUT2D eigenvalue weighted by Crippen LogP contribution is 2.25. The molecular weight excluding hydrogens is 308 g/mol. The number of halogens is 1. The van der Waals surface area contributed by atoms with Crippen molar-refractivity contribution in [2.45, 2.75) is 6.54 Å². The third kappa shape index (κ3) is 3.76. The minimum Gasteiger partial charge on any atom is -0.348 e. The zero-order chi connectivity index (χ0) is 16.1. The SMILES string of the molecule is O=C(NCc1cccnc1)c1cc(-c2ccccc2)ccc1Cl. The molecule has 3 nitrogen and oxygen atoms in total. The third-order valence-electron chi connectivity index (χ3n) is 3.49. The van der Waals surface area contributed by atoms with Gasteiger partial charge in [0.2, 0.25) is 0 Å². The predicted molar refractivity (Wildman–Crippen MR) is 92.3 cm³/mol. The number of nitrogens with one attached hydrogen (secondary N) is 1. The molecule has 1 N–H and O–H groups in total. The maximum absolute atomic E-state index is 12.4. The molecule has 0 atom stereocenters. The molecule has 4 heteroatoms. The second-order valence-electron chi connectivity index (χ2n) is 5.10. The second kappa shape index (κ2) is 7.07. The van der Waals surface area contributed by atoms with Crippen LogP contribution in [0.4, 0.5) is 0 Å². The molecule has 0 saturated heterocycles. The van der Waals surface area contributed by atoms with Gasteiger partial charge in [0.05, 0.1) is 10.6 Å². The van der Waals surface area contributed by atoms with Gasteiger partial charge in [0.15, 0.2) is 0 Å². The fourth-order valence-electron chi connectivity index (χ4n) is 2.29. The molecule has 1 heterocycles. The van der Waals surface area contributed by atoms with E-state index in [1.54, 1.807) is 18.5 Å². The van der Waals surface area contributed by atoms with Gasteiger partial charge in [0.1, 0.15) is 0 Å². The molecule has 1 aromatic heterocycles. The largest absolute Gasteiger partial charge is 0.348 e.